The molecule has 0 aliphatic carbocycles. The van der Waals surface area contributed by atoms with Gasteiger partial charge in [0.15, 0.2) is 0 Å². The van der Waals surface area contributed by atoms with Crippen LogP contribution < -0.4 is 0 Å². The molecule has 0 aliphatic heterocycles. The summed E-state index contributed by atoms with van der Waals surface area (Å²) in [6.45, 7) is 3.71. The highest BCUT2D eigenvalue weighted by Gasteiger charge is 2.04. The van der Waals surface area contributed by atoms with Crippen molar-refractivity contribution in [3.05, 3.63) is 60.7 Å². The molecule has 2 aromatic carbocycles. The Morgan fingerprint density at radius 2 is 1.73 bits per heavy atom. The Balaban J connectivity index is 2.59. The number of hydrogen-bond acceptors (Lipinski definition) is 0. The van der Waals surface area contributed by atoms with Crippen LogP contribution in [-0.4, -0.2) is 4.98 Å². The minimum absolute atomic E-state index is 1.03. The highest BCUT2D eigenvalue weighted by molar-refractivity contribution is 6.08. The van der Waals surface area contributed by atoms with E-state index in [0.717, 1.165) is 16.6 Å². The molecule has 0 atom stereocenters. The zero-order valence-electron chi connectivity index (χ0n) is 8.25. The van der Waals surface area contributed by atoms with Crippen molar-refractivity contribution in [2.45, 2.75) is 0 Å². The molecule has 0 unspecified atom stereocenters. The number of rotatable bonds is 1. The van der Waals surface area contributed by atoms with E-state index in [-0.39, 0.29) is 0 Å². The van der Waals surface area contributed by atoms with Gasteiger partial charge < -0.3 is 4.98 Å². The van der Waals surface area contributed by atoms with E-state index in [1.807, 2.05) is 18.2 Å². The van der Waals surface area contributed by atoms with Crippen molar-refractivity contribution in [1.29, 1.82) is 0 Å². The second-order valence-corrected chi connectivity index (χ2v) is 3.58. The predicted molar refractivity (Wildman–Crippen MR) is 63.8 cm³/mol. The number of nitrogens with one attached hydrogen (secondary N) is 1. The van der Waals surface area contributed by atoms with Crippen molar-refractivity contribution in [1.82, 2.24) is 4.98 Å². The number of H-pyrrole nitrogens is 1. The van der Waals surface area contributed by atoms with E-state index in [4.69, 9.17) is 0 Å². The topological polar surface area (TPSA) is 15.8 Å². The van der Waals surface area contributed by atoms with E-state index in [9.17, 15) is 0 Å². The molecule has 1 aromatic heterocycles. The van der Waals surface area contributed by atoms with Crippen LogP contribution in [0.25, 0.3) is 21.8 Å². The molecule has 71 valence electrons. The molecule has 1 heteroatoms. The summed E-state index contributed by atoms with van der Waals surface area (Å²) < 4.78 is 0. The maximum atomic E-state index is 3.71. The van der Waals surface area contributed by atoms with Crippen molar-refractivity contribution < 1.29 is 0 Å². The molecule has 1 radical (unpaired) electrons. The first kappa shape index (κ1) is 8.30. The molecule has 15 heavy (non-hydrogen) atoms. The van der Waals surface area contributed by atoms with E-state index >= 15 is 0 Å². The molecular weight excluding hydrogens is 182 g/mol. The number of aromatic amines is 1. The van der Waals surface area contributed by atoms with Crippen LogP contribution in [0.4, 0.5) is 0 Å². The lowest BCUT2D eigenvalue weighted by Crippen LogP contribution is -1.75. The molecule has 3 aromatic rings. The van der Waals surface area contributed by atoms with Crippen molar-refractivity contribution in [3.8, 4) is 0 Å². The van der Waals surface area contributed by atoms with E-state index < -0.39 is 0 Å². The van der Waals surface area contributed by atoms with Gasteiger partial charge >= 0.3 is 0 Å². The second-order valence-electron chi connectivity index (χ2n) is 3.58. The number of para-hydroxylation sites is 2. The van der Waals surface area contributed by atoms with Gasteiger partial charge in [-0.3, -0.25) is 0 Å². The third-order valence-electron chi connectivity index (χ3n) is 2.73. The van der Waals surface area contributed by atoms with Crippen LogP contribution >= 0.6 is 0 Å². The predicted octanol–water partition coefficient (Wildman–Crippen LogP) is 3.66. The Bertz CT molecular complexity index is 647. The monoisotopic (exact) mass is 192 g/mol. The lowest BCUT2D eigenvalue weighted by molar-refractivity contribution is 1.51. The third-order valence-corrected chi connectivity index (χ3v) is 2.73. The fourth-order valence-corrected chi connectivity index (χ4v) is 2.02. The van der Waals surface area contributed by atoms with Crippen LogP contribution in [0.1, 0.15) is 5.56 Å². The van der Waals surface area contributed by atoms with Gasteiger partial charge in [0.1, 0.15) is 0 Å². The van der Waals surface area contributed by atoms with Gasteiger partial charge in [-0.1, -0.05) is 43.0 Å². The van der Waals surface area contributed by atoms with Gasteiger partial charge in [-0.25, -0.2) is 0 Å². The molecule has 0 saturated carbocycles. The van der Waals surface area contributed by atoms with Crippen LogP contribution in [0.3, 0.4) is 0 Å². The summed E-state index contributed by atoms with van der Waals surface area (Å²) in [5, 5.41) is 2.49. The van der Waals surface area contributed by atoms with Gasteiger partial charge in [0, 0.05) is 21.9 Å². The third kappa shape index (κ3) is 1.10. The van der Waals surface area contributed by atoms with Crippen LogP contribution in [-0.2, 0) is 0 Å². The first-order valence-corrected chi connectivity index (χ1v) is 4.92. The van der Waals surface area contributed by atoms with Gasteiger partial charge in [-0.2, -0.15) is 0 Å². The molecule has 0 spiro atoms. The molecular formula is C14H10N. The van der Waals surface area contributed by atoms with Crippen LogP contribution in [0.5, 0.6) is 0 Å². The molecule has 0 aliphatic rings. The summed E-state index contributed by atoms with van der Waals surface area (Å²) in [6, 6.07) is 14.5. The van der Waals surface area contributed by atoms with E-state index in [0.29, 0.717) is 0 Å². The quantitative estimate of drug-likeness (QED) is 0.605. The van der Waals surface area contributed by atoms with Crippen molar-refractivity contribution in [2.75, 3.05) is 0 Å². The average Bonchev–Trinajstić information content (AvgIpc) is 2.67. The molecule has 3 rings (SSSR count). The fraction of sp³-hybridized carbons (Fsp3) is 0. The molecule has 1 N–H and O–H groups in total. The lowest BCUT2D eigenvalue weighted by atomic mass is 10.1. The van der Waals surface area contributed by atoms with E-state index in [1.165, 1.54) is 10.8 Å². The highest BCUT2D eigenvalue weighted by Crippen LogP contribution is 2.27. The van der Waals surface area contributed by atoms with Gasteiger partial charge in [0.2, 0.25) is 0 Å². The summed E-state index contributed by atoms with van der Waals surface area (Å²) in [6.07, 6.45) is 2.95. The molecule has 0 fully saturated rings. The molecule has 0 amide bonds. The Labute approximate surface area is 88.0 Å². The van der Waals surface area contributed by atoms with Crippen molar-refractivity contribution in [2.24, 2.45) is 0 Å². The van der Waals surface area contributed by atoms with Gasteiger partial charge in [-0.15, -0.1) is 0 Å². The minimum Gasteiger partial charge on any atom is -0.354 e. The highest BCUT2D eigenvalue weighted by atomic mass is 14.7. The summed E-state index contributed by atoms with van der Waals surface area (Å²) in [5.41, 5.74) is 3.31. The smallest absolute Gasteiger partial charge is 0.0544 e. The molecule has 1 nitrogen and oxygen atoms in total. The van der Waals surface area contributed by atoms with Crippen LogP contribution in [0.2, 0.25) is 0 Å². The van der Waals surface area contributed by atoms with Gasteiger partial charge in [0.05, 0.1) is 5.52 Å². The summed E-state index contributed by atoms with van der Waals surface area (Å²) in [5.74, 6) is 0. The van der Waals surface area contributed by atoms with Crippen molar-refractivity contribution in [3.63, 3.8) is 0 Å². The van der Waals surface area contributed by atoms with E-state index in [1.54, 1.807) is 0 Å². The number of aromatic nitrogens is 1. The average molecular weight is 192 g/mol. The zero-order chi connectivity index (χ0) is 10.3. The largest absolute Gasteiger partial charge is 0.354 e. The van der Waals surface area contributed by atoms with Crippen LogP contribution in [0, 0.1) is 6.08 Å². The fourth-order valence-electron chi connectivity index (χ4n) is 2.02. The maximum absolute atomic E-state index is 3.71. The summed E-state index contributed by atoms with van der Waals surface area (Å²) >= 11 is 0. The molecule has 0 saturated heterocycles. The summed E-state index contributed by atoms with van der Waals surface area (Å²) in [4.78, 5) is 3.40. The SMILES string of the molecule is C=[C]c1cccc2c1[nH]c1ccccc12. The van der Waals surface area contributed by atoms with E-state index in [2.05, 4.69) is 41.9 Å². The summed E-state index contributed by atoms with van der Waals surface area (Å²) in [7, 11) is 0. The van der Waals surface area contributed by atoms with Crippen molar-refractivity contribution >= 4 is 21.8 Å². The second kappa shape index (κ2) is 2.99. The number of hydrogen-bond donors (Lipinski definition) is 1. The first-order chi connectivity index (χ1) is 7.40. The first-order valence-electron chi connectivity index (χ1n) is 4.92. The Morgan fingerprint density at radius 1 is 0.933 bits per heavy atom. The normalized spacial score (nSPS) is 10.9. The van der Waals surface area contributed by atoms with Gasteiger partial charge in [-0.05, 0) is 12.1 Å². The Kier molecular flexibility index (Phi) is 1.65. The lowest BCUT2D eigenvalue weighted by Gasteiger charge is -1.94. The minimum atomic E-state index is 1.03. The standard InChI is InChI=1S/C14H10N/c1-2-10-6-5-8-12-11-7-3-4-9-13(11)15-14(10)12/h3-9,15H,1H2. The molecule has 1 heterocycles. The molecule has 0 bridgehead atoms. The number of benzene rings is 2. The Morgan fingerprint density at radius 3 is 2.60 bits per heavy atom. The maximum Gasteiger partial charge on any atom is 0.0544 e. The van der Waals surface area contributed by atoms with Crippen LogP contribution in [0.15, 0.2) is 49.0 Å². The number of fused-ring (bicyclic) bond motifs is 3. The zero-order valence-corrected chi connectivity index (χ0v) is 8.25. The Hall–Kier alpha value is -2.02. The van der Waals surface area contributed by atoms with Gasteiger partial charge in [0.25, 0.3) is 0 Å².